The standard InChI is InChI=1S/C25H32FN5O2Si/c1-25(2,3)30-24(32)18-11-16(14-33-9-10-34(4,5)6)21-22(18)29-19(12-27-21)23-20-8-7-17(26)13-31(20)15-28-23/h7-8,11-13,15,29H,9-10,14H2,1-6H3,(H,30,32). The summed E-state index contributed by atoms with van der Waals surface area (Å²) >= 11 is 0. The van der Waals surface area contributed by atoms with Gasteiger partial charge in [-0.2, -0.15) is 0 Å². The second-order valence-electron chi connectivity index (χ2n) is 10.9. The number of hydrogen-bond donors (Lipinski definition) is 2. The monoisotopic (exact) mass is 481 g/mol. The van der Waals surface area contributed by atoms with E-state index in [1.807, 2.05) is 26.8 Å². The van der Waals surface area contributed by atoms with Crippen molar-refractivity contribution in [3.8, 4) is 22.8 Å². The van der Waals surface area contributed by atoms with E-state index in [2.05, 4.69) is 39.9 Å². The van der Waals surface area contributed by atoms with E-state index in [0.29, 0.717) is 41.6 Å². The van der Waals surface area contributed by atoms with Gasteiger partial charge in [0.1, 0.15) is 17.8 Å². The summed E-state index contributed by atoms with van der Waals surface area (Å²) in [4.78, 5) is 25.6. The predicted octanol–water partition coefficient (Wildman–Crippen LogP) is 5.35. The summed E-state index contributed by atoms with van der Waals surface area (Å²) in [5.41, 5.74) is 4.33. The Balaban J connectivity index is 1.72. The molecule has 1 amide bonds. The summed E-state index contributed by atoms with van der Waals surface area (Å²) in [5.74, 6) is -0.525. The Hall–Kier alpha value is -3.04. The molecule has 2 aromatic rings. The minimum atomic E-state index is -1.20. The lowest BCUT2D eigenvalue weighted by Crippen LogP contribution is -2.40. The van der Waals surface area contributed by atoms with E-state index < -0.39 is 8.07 Å². The van der Waals surface area contributed by atoms with Crippen molar-refractivity contribution < 1.29 is 13.9 Å². The number of H-pyrrole nitrogens is 1. The van der Waals surface area contributed by atoms with Crippen molar-refractivity contribution in [1.29, 1.82) is 0 Å². The van der Waals surface area contributed by atoms with Crippen molar-refractivity contribution >= 4 is 19.5 Å². The fourth-order valence-corrected chi connectivity index (χ4v) is 4.49. The van der Waals surface area contributed by atoms with Gasteiger partial charge in [-0.15, -0.1) is 0 Å². The average molecular weight is 482 g/mol. The summed E-state index contributed by atoms with van der Waals surface area (Å²) in [6.07, 6.45) is 4.63. The summed E-state index contributed by atoms with van der Waals surface area (Å²) in [6.45, 7) is 13.8. The molecule has 7 nitrogen and oxygen atoms in total. The Morgan fingerprint density at radius 1 is 1.21 bits per heavy atom. The molecule has 0 aromatic carbocycles. The molecular weight excluding hydrogens is 449 g/mol. The highest BCUT2D eigenvalue weighted by atomic mass is 28.3. The van der Waals surface area contributed by atoms with E-state index in [4.69, 9.17) is 4.74 Å². The number of halogens is 1. The molecule has 0 fully saturated rings. The van der Waals surface area contributed by atoms with Crippen LogP contribution in [0.2, 0.25) is 25.7 Å². The van der Waals surface area contributed by atoms with Crippen LogP contribution in [0.5, 0.6) is 0 Å². The number of carbonyl (C=O) groups is 1. The van der Waals surface area contributed by atoms with Crippen LogP contribution in [-0.2, 0) is 11.3 Å². The van der Waals surface area contributed by atoms with E-state index in [1.165, 1.54) is 12.3 Å². The van der Waals surface area contributed by atoms with Crippen molar-refractivity contribution in [3.63, 3.8) is 0 Å². The number of imidazole rings is 1. The first-order valence-corrected chi connectivity index (χ1v) is 15.2. The second-order valence-corrected chi connectivity index (χ2v) is 16.5. The molecule has 0 bridgehead atoms. The Kier molecular flexibility index (Phi) is 6.35. The highest BCUT2D eigenvalue weighted by Crippen LogP contribution is 2.33. The summed E-state index contributed by atoms with van der Waals surface area (Å²) in [5, 5.41) is 3.03. The van der Waals surface area contributed by atoms with Gasteiger partial charge in [0.2, 0.25) is 0 Å². The van der Waals surface area contributed by atoms with Gasteiger partial charge >= 0.3 is 0 Å². The normalized spacial score (nSPS) is 12.6. The molecule has 2 aromatic heterocycles. The van der Waals surface area contributed by atoms with Gasteiger partial charge in [-0.3, -0.25) is 9.78 Å². The number of hydrogen-bond acceptors (Lipinski definition) is 4. The maximum Gasteiger partial charge on any atom is 0.253 e. The maximum absolute atomic E-state index is 13.6. The Bertz CT molecular complexity index is 1300. The molecule has 34 heavy (non-hydrogen) atoms. The zero-order valence-electron chi connectivity index (χ0n) is 20.6. The minimum absolute atomic E-state index is 0.183. The van der Waals surface area contributed by atoms with Crippen LogP contribution < -0.4 is 5.32 Å². The van der Waals surface area contributed by atoms with Gasteiger partial charge in [0.25, 0.3) is 5.91 Å². The highest BCUT2D eigenvalue weighted by molar-refractivity contribution is 6.76. The fraction of sp³-hybridized carbons (Fsp3) is 0.400. The van der Waals surface area contributed by atoms with Gasteiger partial charge in [0.05, 0.1) is 41.0 Å². The number of nitrogens with zero attached hydrogens (tertiary/aromatic N) is 3. The topological polar surface area (TPSA) is 84.3 Å². The molecule has 0 radical (unpaired) electrons. The van der Waals surface area contributed by atoms with E-state index in [1.54, 1.807) is 23.0 Å². The molecule has 1 aliphatic carbocycles. The van der Waals surface area contributed by atoms with Gasteiger partial charge in [-0.05, 0) is 45.0 Å². The Labute approximate surface area is 200 Å². The molecule has 9 heteroatoms. The molecule has 0 spiro atoms. The second kappa shape index (κ2) is 8.96. The molecule has 0 atom stereocenters. The lowest BCUT2D eigenvalue weighted by molar-refractivity contribution is 0.0920. The smallest absolute Gasteiger partial charge is 0.253 e. The molecular formula is C25H32FN5O2Si. The number of aromatic amines is 1. The average Bonchev–Trinajstić information content (AvgIpc) is 3.30. The zero-order chi connectivity index (χ0) is 24.7. The summed E-state index contributed by atoms with van der Waals surface area (Å²) in [6, 6.07) is 5.99. The fourth-order valence-electron chi connectivity index (χ4n) is 3.73. The first-order chi connectivity index (χ1) is 15.9. The van der Waals surface area contributed by atoms with Crippen LogP contribution >= 0.6 is 0 Å². The molecule has 2 N–H and O–H groups in total. The number of aromatic nitrogens is 4. The molecule has 4 rings (SSSR count). The predicted molar refractivity (Wildman–Crippen MR) is 134 cm³/mol. The molecule has 0 unspecified atom stereocenters. The third-order valence-corrected chi connectivity index (χ3v) is 7.15. The number of fused-ring (bicyclic) bond motifs is 2. The van der Waals surface area contributed by atoms with E-state index in [-0.39, 0.29) is 17.3 Å². The van der Waals surface area contributed by atoms with Gasteiger partial charge in [0, 0.05) is 32.0 Å². The molecule has 180 valence electrons. The third-order valence-electron chi connectivity index (χ3n) is 5.45. The van der Waals surface area contributed by atoms with Gasteiger partial charge in [-0.25, -0.2) is 9.37 Å². The lowest BCUT2D eigenvalue weighted by atomic mass is 10.1. The lowest BCUT2D eigenvalue weighted by Gasteiger charge is -2.20. The molecule has 2 aliphatic rings. The molecule has 0 saturated heterocycles. The van der Waals surface area contributed by atoms with Crippen LogP contribution in [0.25, 0.3) is 28.3 Å². The number of amides is 1. The SMILES string of the molecule is CC(C)(C)NC(=O)c1cc(COCC[Si](C)(C)C)c2ncc(-c3ncn4cc(F)ccc34)[nH]c1-2. The number of pyridine rings is 1. The van der Waals surface area contributed by atoms with Gasteiger partial charge < -0.3 is 19.4 Å². The maximum atomic E-state index is 13.6. The highest BCUT2D eigenvalue weighted by Gasteiger charge is 2.26. The van der Waals surface area contributed by atoms with Crippen LogP contribution in [0.1, 0.15) is 36.7 Å². The third kappa shape index (κ3) is 5.36. The van der Waals surface area contributed by atoms with Crippen molar-refractivity contribution in [2.24, 2.45) is 0 Å². The summed E-state index contributed by atoms with van der Waals surface area (Å²) in [7, 11) is -1.20. The number of ether oxygens (including phenoxy) is 1. The van der Waals surface area contributed by atoms with Crippen molar-refractivity contribution in [2.75, 3.05) is 6.61 Å². The van der Waals surface area contributed by atoms with E-state index >= 15 is 0 Å². The summed E-state index contributed by atoms with van der Waals surface area (Å²) < 4.78 is 21.2. The van der Waals surface area contributed by atoms with E-state index in [9.17, 15) is 9.18 Å². The van der Waals surface area contributed by atoms with Crippen LogP contribution in [0.4, 0.5) is 4.39 Å². The van der Waals surface area contributed by atoms with Crippen molar-refractivity contribution in [3.05, 3.63) is 53.9 Å². The van der Waals surface area contributed by atoms with Crippen molar-refractivity contribution in [2.45, 2.75) is 58.6 Å². The molecule has 0 saturated carbocycles. The molecule has 3 heterocycles. The largest absolute Gasteiger partial charge is 0.377 e. The number of nitrogens with one attached hydrogen (secondary N) is 2. The minimum Gasteiger partial charge on any atom is -0.377 e. The number of carbonyl (C=O) groups excluding carboxylic acids is 1. The first kappa shape index (κ1) is 24.1. The molecule has 1 aliphatic heterocycles. The van der Waals surface area contributed by atoms with Gasteiger partial charge in [-0.1, -0.05) is 19.6 Å². The van der Waals surface area contributed by atoms with Gasteiger partial charge in [0.15, 0.2) is 0 Å². The Morgan fingerprint density at radius 2 is 1.97 bits per heavy atom. The van der Waals surface area contributed by atoms with Crippen LogP contribution in [0, 0.1) is 5.82 Å². The van der Waals surface area contributed by atoms with E-state index in [0.717, 1.165) is 17.1 Å². The first-order valence-electron chi connectivity index (χ1n) is 11.4. The van der Waals surface area contributed by atoms with Crippen LogP contribution in [0.15, 0.2) is 36.9 Å². The van der Waals surface area contributed by atoms with Crippen LogP contribution in [-0.4, -0.2) is 45.5 Å². The van der Waals surface area contributed by atoms with Crippen LogP contribution in [0.3, 0.4) is 0 Å². The number of rotatable bonds is 7. The Morgan fingerprint density at radius 3 is 2.68 bits per heavy atom. The zero-order valence-corrected chi connectivity index (χ0v) is 21.6. The van der Waals surface area contributed by atoms with Crippen molar-refractivity contribution in [1.82, 2.24) is 24.7 Å². The quantitative estimate of drug-likeness (QED) is 0.275.